The van der Waals surface area contributed by atoms with E-state index in [0.29, 0.717) is 10.2 Å². The van der Waals surface area contributed by atoms with Gasteiger partial charge in [-0.25, -0.2) is 8.91 Å². The third kappa shape index (κ3) is 3.22. The average Bonchev–Trinajstić information content (AvgIpc) is 2.84. The number of hydrogen-bond donors (Lipinski definition) is 1. The predicted molar refractivity (Wildman–Crippen MR) is 93.0 cm³/mol. The van der Waals surface area contributed by atoms with Gasteiger partial charge in [-0.3, -0.25) is 14.2 Å². The van der Waals surface area contributed by atoms with Crippen molar-refractivity contribution in [1.82, 2.24) is 19.1 Å². The SMILES string of the molecule is CC(C)C(O)c1cc(Br)c2c(=O)n(CC(=O)N3CC(C)(F)C3)cnn12. The van der Waals surface area contributed by atoms with Crippen molar-refractivity contribution in [2.24, 2.45) is 5.92 Å². The molecule has 1 atom stereocenters. The number of aromatic nitrogens is 3. The van der Waals surface area contributed by atoms with Gasteiger partial charge in [0.1, 0.15) is 24.1 Å². The van der Waals surface area contributed by atoms with Gasteiger partial charge in [-0.2, -0.15) is 5.10 Å². The number of carbonyl (C=O) groups is 1. The Kier molecular flexibility index (Phi) is 4.48. The predicted octanol–water partition coefficient (Wildman–Crippen LogP) is 1.52. The van der Waals surface area contributed by atoms with E-state index < -0.39 is 17.3 Å². The molecule has 25 heavy (non-hydrogen) atoms. The number of amides is 1. The molecule has 0 bridgehead atoms. The van der Waals surface area contributed by atoms with E-state index in [1.807, 2.05) is 13.8 Å². The third-order valence-corrected chi connectivity index (χ3v) is 4.97. The maximum Gasteiger partial charge on any atom is 0.279 e. The van der Waals surface area contributed by atoms with E-state index in [1.54, 1.807) is 6.07 Å². The quantitative estimate of drug-likeness (QED) is 0.822. The summed E-state index contributed by atoms with van der Waals surface area (Å²) >= 11 is 3.32. The van der Waals surface area contributed by atoms with Gasteiger partial charge >= 0.3 is 0 Å². The smallest absolute Gasteiger partial charge is 0.279 e. The first-order valence-electron chi connectivity index (χ1n) is 8.02. The fourth-order valence-corrected chi connectivity index (χ4v) is 3.52. The van der Waals surface area contributed by atoms with Gasteiger partial charge in [0.15, 0.2) is 0 Å². The summed E-state index contributed by atoms with van der Waals surface area (Å²) < 4.78 is 16.6. The summed E-state index contributed by atoms with van der Waals surface area (Å²) in [4.78, 5) is 26.2. The van der Waals surface area contributed by atoms with Crippen molar-refractivity contribution in [3.05, 3.63) is 32.9 Å². The summed E-state index contributed by atoms with van der Waals surface area (Å²) in [5, 5.41) is 14.5. The Morgan fingerprint density at radius 1 is 1.48 bits per heavy atom. The molecule has 1 saturated heterocycles. The molecule has 3 rings (SSSR count). The number of aliphatic hydroxyl groups is 1. The van der Waals surface area contributed by atoms with Crippen LogP contribution in [0.1, 0.15) is 32.6 Å². The van der Waals surface area contributed by atoms with Gasteiger partial charge in [-0.15, -0.1) is 0 Å². The van der Waals surface area contributed by atoms with Crippen molar-refractivity contribution in [1.29, 1.82) is 0 Å². The number of aliphatic hydroxyl groups excluding tert-OH is 1. The molecule has 2 aromatic heterocycles. The molecule has 3 heterocycles. The molecule has 7 nitrogen and oxygen atoms in total. The highest BCUT2D eigenvalue weighted by atomic mass is 79.9. The van der Waals surface area contributed by atoms with Gasteiger partial charge in [0.25, 0.3) is 5.56 Å². The van der Waals surface area contributed by atoms with E-state index in [0.717, 1.165) is 0 Å². The van der Waals surface area contributed by atoms with Crippen LogP contribution in [0.4, 0.5) is 4.39 Å². The number of likely N-dealkylation sites (tertiary alicyclic amines) is 1. The van der Waals surface area contributed by atoms with E-state index in [2.05, 4.69) is 21.0 Å². The second-order valence-electron chi connectivity index (χ2n) is 7.09. The minimum Gasteiger partial charge on any atom is -0.387 e. The van der Waals surface area contributed by atoms with Gasteiger partial charge in [-0.05, 0) is 34.8 Å². The molecular formula is C16H20BrFN4O3. The normalized spacial score (nSPS) is 17.8. The van der Waals surface area contributed by atoms with Crippen molar-refractivity contribution >= 4 is 27.4 Å². The van der Waals surface area contributed by atoms with E-state index in [1.165, 1.54) is 27.2 Å². The topological polar surface area (TPSA) is 79.8 Å². The largest absolute Gasteiger partial charge is 0.387 e. The van der Waals surface area contributed by atoms with Crippen LogP contribution in [0.25, 0.3) is 5.52 Å². The summed E-state index contributed by atoms with van der Waals surface area (Å²) in [6.45, 7) is 5.05. The fourth-order valence-electron chi connectivity index (χ4n) is 2.95. The molecule has 2 aromatic rings. The second kappa shape index (κ2) is 6.21. The van der Waals surface area contributed by atoms with Crippen LogP contribution in [0.5, 0.6) is 0 Å². The van der Waals surface area contributed by atoms with Gasteiger partial charge in [-0.1, -0.05) is 13.8 Å². The number of carbonyl (C=O) groups excluding carboxylic acids is 1. The van der Waals surface area contributed by atoms with E-state index in [9.17, 15) is 19.1 Å². The molecule has 0 aromatic carbocycles. The summed E-state index contributed by atoms with van der Waals surface area (Å²) in [6, 6.07) is 1.66. The number of nitrogens with zero attached hydrogens (tertiary/aromatic N) is 4. The van der Waals surface area contributed by atoms with E-state index >= 15 is 0 Å². The van der Waals surface area contributed by atoms with Crippen molar-refractivity contribution in [3.63, 3.8) is 0 Å². The van der Waals surface area contributed by atoms with Crippen molar-refractivity contribution < 1.29 is 14.3 Å². The van der Waals surface area contributed by atoms with Gasteiger partial charge in [0.05, 0.1) is 29.4 Å². The lowest BCUT2D eigenvalue weighted by Gasteiger charge is -2.42. The van der Waals surface area contributed by atoms with Gasteiger partial charge < -0.3 is 10.0 Å². The number of halogens is 2. The monoisotopic (exact) mass is 414 g/mol. The molecule has 136 valence electrons. The molecule has 0 saturated carbocycles. The van der Waals surface area contributed by atoms with Crippen LogP contribution in [0, 0.1) is 5.92 Å². The summed E-state index contributed by atoms with van der Waals surface area (Å²) in [6.07, 6.45) is 0.497. The molecule has 1 amide bonds. The van der Waals surface area contributed by atoms with Crippen molar-refractivity contribution in [2.75, 3.05) is 13.1 Å². The van der Waals surface area contributed by atoms with Crippen LogP contribution in [-0.4, -0.2) is 48.9 Å². The number of hydrogen-bond acceptors (Lipinski definition) is 4. The maximum absolute atomic E-state index is 13.5. The molecule has 1 N–H and O–H groups in total. The Bertz CT molecular complexity index is 881. The molecular weight excluding hydrogens is 395 g/mol. The molecule has 1 aliphatic heterocycles. The highest BCUT2D eigenvalue weighted by Crippen LogP contribution is 2.28. The zero-order valence-corrected chi connectivity index (χ0v) is 15.8. The minimum absolute atomic E-state index is 0.0375. The Hall–Kier alpha value is -1.74. The third-order valence-electron chi connectivity index (χ3n) is 4.36. The molecule has 0 spiro atoms. The molecule has 1 unspecified atom stereocenters. The average molecular weight is 415 g/mol. The highest BCUT2D eigenvalue weighted by Gasteiger charge is 2.41. The lowest BCUT2D eigenvalue weighted by molar-refractivity contribution is -0.144. The first-order chi connectivity index (χ1) is 11.6. The number of rotatable bonds is 4. The Morgan fingerprint density at radius 3 is 2.68 bits per heavy atom. The Morgan fingerprint density at radius 2 is 2.12 bits per heavy atom. The molecule has 9 heteroatoms. The van der Waals surface area contributed by atoms with Gasteiger partial charge in [0, 0.05) is 0 Å². The summed E-state index contributed by atoms with van der Waals surface area (Å²) in [5.74, 6) is -0.370. The first-order valence-corrected chi connectivity index (χ1v) is 8.81. The maximum atomic E-state index is 13.5. The highest BCUT2D eigenvalue weighted by molar-refractivity contribution is 9.10. The van der Waals surface area contributed by atoms with Crippen LogP contribution < -0.4 is 5.56 Å². The van der Waals surface area contributed by atoms with Crippen LogP contribution in [0.3, 0.4) is 0 Å². The molecule has 1 fully saturated rings. The second-order valence-corrected chi connectivity index (χ2v) is 7.95. The lowest BCUT2D eigenvalue weighted by atomic mass is 9.99. The van der Waals surface area contributed by atoms with E-state index in [4.69, 9.17) is 0 Å². The molecule has 0 aliphatic carbocycles. The zero-order valence-electron chi connectivity index (χ0n) is 14.2. The molecule has 1 aliphatic rings. The summed E-state index contributed by atoms with van der Waals surface area (Å²) in [5.41, 5.74) is -0.997. The minimum atomic E-state index is -1.35. The lowest BCUT2D eigenvalue weighted by Crippen LogP contribution is -2.60. The van der Waals surface area contributed by atoms with E-state index in [-0.39, 0.29) is 37.0 Å². The van der Waals surface area contributed by atoms with Crippen LogP contribution in [0.15, 0.2) is 21.7 Å². The Balaban J connectivity index is 1.92. The number of alkyl halides is 1. The van der Waals surface area contributed by atoms with Crippen LogP contribution >= 0.6 is 15.9 Å². The fraction of sp³-hybridized carbons (Fsp3) is 0.562. The first kappa shape index (κ1) is 18.1. The molecule has 0 radical (unpaired) electrons. The standard InChI is InChI=1S/C16H20BrFN4O3/c1-9(2)14(24)11-4-10(17)13-15(25)20(8-19-22(11)13)5-12(23)21-6-16(3,18)7-21/h4,8-9,14,24H,5-7H2,1-3H3. The van der Waals surface area contributed by atoms with Crippen LogP contribution in [-0.2, 0) is 11.3 Å². The van der Waals surface area contributed by atoms with Crippen molar-refractivity contribution in [2.45, 2.75) is 39.1 Å². The van der Waals surface area contributed by atoms with Gasteiger partial charge in [0.2, 0.25) is 5.91 Å². The van der Waals surface area contributed by atoms with Crippen molar-refractivity contribution in [3.8, 4) is 0 Å². The zero-order chi connectivity index (χ0) is 18.5. The number of fused-ring (bicyclic) bond motifs is 1. The summed E-state index contributed by atoms with van der Waals surface area (Å²) in [7, 11) is 0. The van der Waals surface area contributed by atoms with Crippen LogP contribution in [0.2, 0.25) is 0 Å². The Labute approximate surface area is 152 Å².